The lowest BCUT2D eigenvalue weighted by molar-refractivity contribution is -0.132. The van der Waals surface area contributed by atoms with Gasteiger partial charge in [-0.1, -0.05) is 0 Å². The number of piperidine rings is 1. The standard InChI is InChI=1S/C11H15N3O3/c15-9-4-7-14(11(17)12-9)8-10(16)13-5-2-1-3-6-13/h4,7H,1-3,5-6,8H2,(H,12,15,17). The van der Waals surface area contributed by atoms with Crippen LogP contribution in [-0.2, 0) is 11.3 Å². The van der Waals surface area contributed by atoms with E-state index in [0.717, 1.165) is 32.4 Å². The largest absolute Gasteiger partial charge is 0.341 e. The van der Waals surface area contributed by atoms with E-state index in [-0.39, 0.29) is 12.5 Å². The fourth-order valence-electron chi connectivity index (χ4n) is 1.96. The Morgan fingerprint density at radius 2 is 1.94 bits per heavy atom. The quantitative estimate of drug-likeness (QED) is 0.757. The number of hydrogen-bond acceptors (Lipinski definition) is 3. The van der Waals surface area contributed by atoms with Crippen LogP contribution in [0.25, 0.3) is 0 Å². The number of nitrogens with zero attached hydrogens (tertiary/aromatic N) is 2. The second kappa shape index (κ2) is 4.99. The monoisotopic (exact) mass is 237 g/mol. The molecule has 0 radical (unpaired) electrons. The summed E-state index contributed by atoms with van der Waals surface area (Å²) in [5.41, 5.74) is -0.987. The molecule has 0 saturated carbocycles. The molecule has 1 N–H and O–H groups in total. The second-order valence-corrected chi connectivity index (χ2v) is 4.18. The van der Waals surface area contributed by atoms with Crippen LogP contribution < -0.4 is 11.2 Å². The van der Waals surface area contributed by atoms with Gasteiger partial charge in [0.25, 0.3) is 5.56 Å². The van der Waals surface area contributed by atoms with Crippen molar-refractivity contribution in [3.05, 3.63) is 33.1 Å². The van der Waals surface area contributed by atoms with Crippen molar-refractivity contribution in [1.82, 2.24) is 14.5 Å². The van der Waals surface area contributed by atoms with E-state index in [1.54, 1.807) is 4.90 Å². The van der Waals surface area contributed by atoms with Crippen molar-refractivity contribution >= 4 is 5.91 Å². The minimum absolute atomic E-state index is 0.00435. The number of hydrogen-bond donors (Lipinski definition) is 1. The maximum absolute atomic E-state index is 11.9. The third-order valence-corrected chi connectivity index (χ3v) is 2.91. The third-order valence-electron chi connectivity index (χ3n) is 2.91. The van der Waals surface area contributed by atoms with Crippen LogP contribution in [0.2, 0.25) is 0 Å². The molecule has 0 aromatic carbocycles. The van der Waals surface area contributed by atoms with Gasteiger partial charge >= 0.3 is 5.69 Å². The van der Waals surface area contributed by atoms with Crippen molar-refractivity contribution in [3.63, 3.8) is 0 Å². The molecule has 1 aliphatic heterocycles. The van der Waals surface area contributed by atoms with Crippen molar-refractivity contribution in [2.75, 3.05) is 13.1 Å². The summed E-state index contributed by atoms with van der Waals surface area (Å²) in [6, 6.07) is 1.24. The molecule has 6 heteroatoms. The van der Waals surface area contributed by atoms with Gasteiger partial charge in [0.05, 0.1) is 0 Å². The number of nitrogens with one attached hydrogen (secondary N) is 1. The Balaban J connectivity index is 2.07. The number of H-pyrrole nitrogens is 1. The van der Waals surface area contributed by atoms with Crippen LogP contribution in [0.1, 0.15) is 19.3 Å². The van der Waals surface area contributed by atoms with Crippen LogP contribution in [0.4, 0.5) is 0 Å². The van der Waals surface area contributed by atoms with Gasteiger partial charge in [0.2, 0.25) is 5.91 Å². The minimum atomic E-state index is -0.539. The predicted molar refractivity (Wildman–Crippen MR) is 61.8 cm³/mol. The smallest absolute Gasteiger partial charge is 0.328 e. The van der Waals surface area contributed by atoms with Gasteiger partial charge in [-0.15, -0.1) is 0 Å². The van der Waals surface area contributed by atoms with E-state index in [0.29, 0.717) is 0 Å². The molecule has 0 unspecified atom stereocenters. The van der Waals surface area contributed by atoms with Gasteiger partial charge < -0.3 is 4.90 Å². The van der Waals surface area contributed by atoms with E-state index in [4.69, 9.17) is 0 Å². The lowest BCUT2D eigenvalue weighted by atomic mass is 10.1. The maximum atomic E-state index is 11.9. The third kappa shape index (κ3) is 2.83. The average molecular weight is 237 g/mol. The fourth-order valence-corrected chi connectivity index (χ4v) is 1.96. The first-order chi connectivity index (χ1) is 8.16. The van der Waals surface area contributed by atoms with Crippen molar-refractivity contribution in [3.8, 4) is 0 Å². The number of carbonyl (C=O) groups is 1. The Bertz CT molecular complexity index is 511. The molecule has 1 aliphatic rings. The van der Waals surface area contributed by atoms with Crippen LogP contribution in [0.5, 0.6) is 0 Å². The van der Waals surface area contributed by atoms with E-state index >= 15 is 0 Å². The number of amides is 1. The first-order valence-electron chi connectivity index (χ1n) is 5.74. The Morgan fingerprint density at radius 3 is 2.59 bits per heavy atom. The molecular weight excluding hydrogens is 222 g/mol. The van der Waals surface area contributed by atoms with E-state index in [2.05, 4.69) is 4.98 Å². The average Bonchev–Trinajstić information content (AvgIpc) is 2.34. The highest BCUT2D eigenvalue weighted by atomic mass is 16.2. The molecule has 1 aromatic heterocycles. The van der Waals surface area contributed by atoms with Crippen LogP contribution >= 0.6 is 0 Å². The molecular formula is C11H15N3O3. The SMILES string of the molecule is O=C(Cn1ccc(=O)[nH]c1=O)N1CCCCC1. The highest BCUT2D eigenvalue weighted by Crippen LogP contribution is 2.08. The Labute approximate surface area is 97.9 Å². The first-order valence-corrected chi connectivity index (χ1v) is 5.74. The molecule has 0 atom stereocenters. The molecule has 0 bridgehead atoms. The van der Waals surface area contributed by atoms with E-state index in [9.17, 15) is 14.4 Å². The Hall–Kier alpha value is -1.85. The summed E-state index contributed by atoms with van der Waals surface area (Å²) in [5.74, 6) is -0.0705. The summed E-state index contributed by atoms with van der Waals surface area (Å²) in [7, 11) is 0. The zero-order chi connectivity index (χ0) is 12.3. The first kappa shape index (κ1) is 11.6. The maximum Gasteiger partial charge on any atom is 0.328 e. The molecule has 1 fully saturated rings. The molecule has 0 aliphatic carbocycles. The molecule has 1 saturated heterocycles. The van der Waals surface area contributed by atoms with Crippen LogP contribution in [0.3, 0.4) is 0 Å². The second-order valence-electron chi connectivity index (χ2n) is 4.18. The molecule has 17 heavy (non-hydrogen) atoms. The van der Waals surface area contributed by atoms with E-state index in [1.807, 2.05) is 0 Å². The molecule has 1 amide bonds. The molecule has 6 nitrogen and oxygen atoms in total. The van der Waals surface area contributed by atoms with Crippen LogP contribution in [0.15, 0.2) is 21.9 Å². The number of likely N-dealkylation sites (tertiary alicyclic amines) is 1. The van der Waals surface area contributed by atoms with Crippen molar-refractivity contribution < 1.29 is 4.79 Å². The Morgan fingerprint density at radius 1 is 1.24 bits per heavy atom. The van der Waals surface area contributed by atoms with Crippen molar-refractivity contribution in [2.45, 2.75) is 25.8 Å². The van der Waals surface area contributed by atoms with Gasteiger partial charge in [-0.25, -0.2) is 4.79 Å². The summed E-state index contributed by atoms with van der Waals surface area (Å²) in [6.45, 7) is 1.52. The molecule has 2 rings (SSSR count). The van der Waals surface area contributed by atoms with E-state index in [1.165, 1.54) is 16.8 Å². The van der Waals surface area contributed by atoms with Gasteiger partial charge in [0.15, 0.2) is 0 Å². The topological polar surface area (TPSA) is 75.2 Å². The number of carbonyl (C=O) groups excluding carboxylic acids is 1. The molecule has 92 valence electrons. The minimum Gasteiger partial charge on any atom is -0.341 e. The fraction of sp³-hybridized carbons (Fsp3) is 0.545. The van der Waals surface area contributed by atoms with Crippen molar-refractivity contribution in [2.24, 2.45) is 0 Å². The van der Waals surface area contributed by atoms with Gasteiger partial charge in [-0.2, -0.15) is 0 Å². The van der Waals surface area contributed by atoms with Gasteiger partial charge in [0, 0.05) is 25.4 Å². The molecule has 1 aromatic rings. The summed E-state index contributed by atoms with van der Waals surface area (Å²) in [6.07, 6.45) is 4.55. The normalized spacial score (nSPS) is 15.9. The number of aromatic amines is 1. The van der Waals surface area contributed by atoms with E-state index < -0.39 is 11.2 Å². The van der Waals surface area contributed by atoms with Crippen LogP contribution in [0, 0.1) is 0 Å². The van der Waals surface area contributed by atoms with Gasteiger partial charge in [-0.3, -0.25) is 19.1 Å². The van der Waals surface area contributed by atoms with Gasteiger partial charge in [-0.05, 0) is 19.3 Å². The predicted octanol–water partition coefficient (Wildman–Crippen LogP) is -0.451. The zero-order valence-corrected chi connectivity index (χ0v) is 9.52. The summed E-state index contributed by atoms with van der Waals surface area (Å²) >= 11 is 0. The summed E-state index contributed by atoms with van der Waals surface area (Å²) < 4.78 is 1.22. The molecule has 0 spiro atoms. The molecule has 2 heterocycles. The zero-order valence-electron chi connectivity index (χ0n) is 9.52. The number of aromatic nitrogens is 2. The lowest BCUT2D eigenvalue weighted by Gasteiger charge is -2.26. The highest BCUT2D eigenvalue weighted by Gasteiger charge is 2.16. The highest BCUT2D eigenvalue weighted by molar-refractivity contribution is 5.76. The summed E-state index contributed by atoms with van der Waals surface area (Å²) in [5, 5.41) is 0. The lowest BCUT2D eigenvalue weighted by Crippen LogP contribution is -2.40. The Kier molecular flexibility index (Phi) is 3.41. The van der Waals surface area contributed by atoms with Crippen LogP contribution in [-0.4, -0.2) is 33.4 Å². The van der Waals surface area contributed by atoms with Crippen molar-refractivity contribution in [1.29, 1.82) is 0 Å². The summed E-state index contributed by atoms with van der Waals surface area (Å²) in [4.78, 5) is 38.0. The van der Waals surface area contributed by atoms with Gasteiger partial charge in [0.1, 0.15) is 6.54 Å². The number of rotatable bonds is 2.